The number of halogens is 2. The highest BCUT2D eigenvalue weighted by molar-refractivity contribution is 9.11. The van der Waals surface area contributed by atoms with Crippen LogP contribution in [0.15, 0.2) is 19.9 Å². The first kappa shape index (κ1) is 16.1. The molecule has 0 spiro atoms. The second-order valence-corrected chi connectivity index (χ2v) is 8.03. The van der Waals surface area contributed by atoms with Gasteiger partial charge in [0.15, 0.2) is 0 Å². The first-order valence-corrected chi connectivity index (χ1v) is 8.75. The summed E-state index contributed by atoms with van der Waals surface area (Å²) in [5, 5.41) is 5.29. The number of rotatable bonds is 3. The number of hydrogen-bond acceptors (Lipinski definition) is 2. The van der Waals surface area contributed by atoms with Crippen LogP contribution in [-0.4, -0.2) is 8.42 Å². The minimum atomic E-state index is -3.73. The van der Waals surface area contributed by atoms with Gasteiger partial charge >= 0.3 is 0 Å². The van der Waals surface area contributed by atoms with Crippen molar-refractivity contribution in [1.29, 1.82) is 0 Å². The Bertz CT molecular complexity index is 566. The number of nitrogens with two attached hydrogens (primary N) is 1. The van der Waals surface area contributed by atoms with Gasteiger partial charge in [-0.25, -0.2) is 13.6 Å². The van der Waals surface area contributed by atoms with Crippen molar-refractivity contribution in [1.82, 2.24) is 0 Å². The third-order valence-electron chi connectivity index (χ3n) is 2.71. The summed E-state index contributed by atoms with van der Waals surface area (Å²) in [5.74, 6) is 0.346. The number of benzene rings is 1. The molecule has 1 aromatic carbocycles. The van der Waals surface area contributed by atoms with Crippen molar-refractivity contribution >= 4 is 41.9 Å². The monoisotopic (exact) mass is 397 g/mol. The quantitative estimate of drug-likeness (QED) is 0.832. The normalized spacial score (nSPS) is 12.5. The Morgan fingerprint density at radius 2 is 1.50 bits per heavy atom. The van der Waals surface area contributed by atoms with E-state index in [9.17, 15) is 8.42 Å². The molecule has 0 aromatic heterocycles. The molecule has 102 valence electrons. The highest BCUT2D eigenvalue weighted by Crippen LogP contribution is 2.40. The first-order chi connectivity index (χ1) is 8.07. The molecule has 1 rings (SSSR count). The van der Waals surface area contributed by atoms with Crippen molar-refractivity contribution in [2.75, 3.05) is 0 Å². The van der Waals surface area contributed by atoms with Gasteiger partial charge in [0.25, 0.3) is 0 Å². The van der Waals surface area contributed by atoms with Crippen molar-refractivity contribution in [3.05, 3.63) is 26.1 Å². The molecule has 18 heavy (non-hydrogen) atoms. The molecule has 0 fully saturated rings. The fraction of sp³-hybridized carbons (Fsp3) is 0.500. The average molecular weight is 399 g/mol. The smallest absolute Gasteiger partial charge is 0.225 e. The van der Waals surface area contributed by atoms with Gasteiger partial charge < -0.3 is 0 Å². The van der Waals surface area contributed by atoms with E-state index in [-0.39, 0.29) is 16.7 Å². The van der Waals surface area contributed by atoms with Gasteiger partial charge in [-0.15, -0.1) is 0 Å². The van der Waals surface area contributed by atoms with Gasteiger partial charge in [-0.05, 0) is 29.0 Å². The largest absolute Gasteiger partial charge is 0.238 e. The molecule has 0 saturated carbocycles. The minimum absolute atomic E-state index is 0.0679. The third-order valence-corrected chi connectivity index (χ3v) is 5.18. The number of primary sulfonamides is 1. The molecule has 0 bridgehead atoms. The summed E-state index contributed by atoms with van der Waals surface area (Å²) >= 11 is 6.95. The highest BCUT2D eigenvalue weighted by Gasteiger charge is 2.24. The number of sulfonamides is 1. The number of hydrogen-bond donors (Lipinski definition) is 1. The maximum atomic E-state index is 11.7. The van der Waals surface area contributed by atoms with Crippen LogP contribution >= 0.6 is 31.9 Å². The topological polar surface area (TPSA) is 60.2 Å². The first-order valence-electron chi connectivity index (χ1n) is 5.62. The van der Waals surface area contributed by atoms with Crippen LogP contribution in [0.4, 0.5) is 0 Å². The van der Waals surface area contributed by atoms with E-state index in [0.717, 1.165) is 20.1 Å². The van der Waals surface area contributed by atoms with Crippen LogP contribution in [-0.2, 0) is 10.0 Å². The van der Waals surface area contributed by atoms with E-state index in [1.54, 1.807) is 6.07 Å². The Balaban J connectivity index is 3.79. The van der Waals surface area contributed by atoms with E-state index in [0.29, 0.717) is 0 Å². The Kier molecular flexibility index (Phi) is 5.03. The van der Waals surface area contributed by atoms with E-state index in [1.807, 2.05) is 13.8 Å². The van der Waals surface area contributed by atoms with Gasteiger partial charge in [0, 0.05) is 8.95 Å². The van der Waals surface area contributed by atoms with E-state index in [1.165, 1.54) is 0 Å². The zero-order valence-corrected chi connectivity index (χ0v) is 14.8. The minimum Gasteiger partial charge on any atom is -0.225 e. The van der Waals surface area contributed by atoms with Gasteiger partial charge in [-0.2, -0.15) is 0 Å². The van der Waals surface area contributed by atoms with Crippen LogP contribution in [0.3, 0.4) is 0 Å². The molecule has 0 saturated heterocycles. The molecule has 2 N–H and O–H groups in total. The molecule has 0 aliphatic carbocycles. The lowest BCUT2D eigenvalue weighted by atomic mass is 9.95. The Labute approximate surface area is 125 Å². The summed E-state index contributed by atoms with van der Waals surface area (Å²) in [7, 11) is -3.73. The molecule has 0 unspecified atom stereocenters. The van der Waals surface area contributed by atoms with Gasteiger partial charge in [0.1, 0.15) is 0 Å². The highest BCUT2D eigenvalue weighted by atomic mass is 79.9. The predicted octanol–water partition coefficient (Wildman–Crippen LogP) is 4.11. The molecular weight excluding hydrogens is 382 g/mol. The molecule has 3 nitrogen and oxygen atoms in total. The lowest BCUT2D eigenvalue weighted by Gasteiger charge is -2.20. The predicted molar refractivity (Wildman–Crippen MR) is 81.4 cm³/mol. The van der Waals surface area contributed by atoms with Crippen molar-refractivity contribution in [2.45, 2.75) is 44.4 Å². The molecule has 1 aromatic rings. The van der Waals surface area contributed by atoms with Crippen LogP contribution in [0.5, 0.6) is 0 Å². The Hall–Kier alpha value is 0.0900. The third kappa shape index (κ3) is 3.15. The maximum Gasteiger partial charge on any atom is 0.238 e. The molecule has 0 atom stereocenters. The summed E-state index contributed by atoms with van der Waals surface area (Å²) in [6.45, 7) is 8.02. The van der Waals surface area contributed by atoms with Gasteiger partial charge in [0.05, 0.1) is 4.90 Å². The molecule has 0 amide bonds. The Morgan fingerprint density at radius 1 is 1.06 bits per heavy atom. The Morgan fingerprint density at radius 3 is 1.83 bits per heavy atom. The van der Waals surface area contributed by atoms with Crippen LogP contribution in [0, 0.1) is 0 Å². The van der Waals surface area contributed by atoms with Crippen molar-refractivity contribution in [2.24, 2.45) is 5.14 Å². The molecule has 0 radical (unpaired) electrons. The van der Waals surface area contributed by atoms with Crippen molar-refractivity contribution < 1.29 is 8.42 Å². The van der Waals surface area contributed by atoms with Crippen molar-refractivity contribution in [3.8, 4) is 0 Å². The standard InChI is InChI=1S/C12H17Br2NO2S/c1-6(2)10-8(13)5-9(18(15,16)17)11(7(3)4)12(10)14/h5-7H,1-4H3,(H2,15,16,17). The van der Waals surface area contributed by atoms with Crippen LogP contribution in [0.25, 0.3) is 0 Å². The molecule has 6 heteroatoms. The fourth-order valence-corrected chi connectivity index (χ4v) is 5.63. The van der Waals surface area contributed by atoms with E-state index < -0.39 is 10.0 Å². The van der Waals surface area contributed by atoms with E-state index in [4.69, 9.17) is 5.14 Å². The van der Waals surface area contributed by atoms with Crippen LogP contribution in [0.2, 0.25) is 0 Å². The summed E-state index contributed by atoms with van der Waals surface area (Å²) < 4.78 is 24.9. The van der Waals surface area contributed by atoms with Gasteiger partial charge in [0.2, 0.25) is 10.0 Å². The van der Waals surface area contributed by atoms with E-state index in [2.05, 4.69) is 45.7 Å². The maximum absolute atomic E-state index is 11.7. The zero-order chi connectivity index (χ0) is 14.2. The molecule has 0 aliphatic heterocycles. The van der Waals surface area contributed by atoms with Crippen LogP contribution in [0.1, 0.15) is 50.7 Å². The molecule has 0 aliphatic rings. The second kappa shape index (κ2) is 5.61. The van der Waals surface area contributed by atoms with E-state index >= 15 is 0 Å². The summed E-state index contributed by atoms with van der Waals surface area (Å²) in [4.78, 5) is 0.181. The lowest BCUT2D eigenvalue weighted by molar-refractivity contribution is 0.595. The fourth-order valence-electron chi connectivity index (χ4n) is 1.93. The summed E-state index contributed by atoms with van der Waals surface area (Å²) in [6.07, 6.45) is 0. The van der Waals surface area contributed by atoms with Gasteiger partial charge in [-0.1, -0.05) is 59.6 Å². The lowest BCUT2D eigenvalue weighted by Crippen LogP contribution is -2.16. The van der Waals surface area contributed by atoms with Gasteiger partial charge in [-0.3, -0.25) is 0 Å². The second-order valence-electron chi connectivity index (χ2n) is 4.85. The average Bonchev–Trinajstić information content (AvgIpc) is 2.13. The zero-order valence-electron chi connectivity index (χ0n) is 10.8. The SMILES string of the molecule is CC(C)c1c(Br)cc(S(N)(=O)=O)c(C(C)C)c1Br. The molecule has 0 heterocycles. The molecular formula is C12H17Br2NO2S. The van der Waals surface area contributed by atoms with Crippen LogP contribution < -0.4 is 5.14 Å². The van der Waals surface area contributed by atoms with Crippen molar-refractivity contribution in [3.63, 3.8) is 0 Å². The summed E-state index contributed by atoms with van der Waals surface area (Å²) in [6, 6.07) is 1.60. The summed E-state index contributed by atoms with van der Waals surface area (Å²) in [5.41, 5.74) is 1.80.